The first-order valence-electron chi connectivity index (χ1n) is 5.09. The van der Waals surface area contributed by atoms with E-state index in [1.807, 2.05) is 17.6 Å². The van der Waals surface area contributed by atoms with E-state index in [9.17, 15) is 4.79 Å². The number of hydrogen-bond acceptors (Lipinski definition) is 3. The van der Waals surface area contributed by atoms with Gasteiger partial charge in [-0.15, -0.1) is 0 Å². The van der Waals surface area contributed by atoms with Crippen LogP contribution < -0.4 is 10.8 Å². The molecule has 0 radical (unpaired) electrons. The lowest BCUT2D eigenvalue weighted by atomic mass is 10.1. The van der Waals surface area contributed by atoms with Crippen LogP contribution >= 0.6 is 0 Å². The average molecular weight is 206 g/mol. The zero-order valence-corrected chi connectivity index (χ0v) is 8.42. The fourth-order valence-electron chi connectivity index (χ4n) is 2.00. The van der Waals surface area contributed by atoms with Crippen molar-refractivity contribution in [3.05, 3.63) is 29.3 Å². The minimum absolute atomic E-state index is 0.0797. The molecule has 0 aromatic heterocycles. The van der Waals surface area contributed by atoms with Crippen molar-refractivity contribution >= 4 is 11.6 Å². The van der Waals surface area contributed by atoms with Crippen LogP contribution in [0.15, 0.2) is 18.2 Å². The lowest BCUT2D eigenvalue weighted by molar-refractivity contribution is -0.116. The number of anilines is 1. The SMILES string of the molecule is O=C(CNO)Nc1cccc2c1CCC2. The molecule has 2 rings (SSSR count). The van der Waals surface area contributed by atoms with Gasteiger partial charge in [-0.05, 0) is 36.5 Å². The lowest BCUT2D eigenvalue weighted by Crippen LogP contribution is -2.25. The van der Waals surface area contributed by atoms with Gasteiger partial charge in [-0.2, -0.15) is 5.48 Å². The van der Waals surface area contributed by atoms with Crippen LogP contribution in [0.4, 0.5) is 5.69 Å². The number of aryl methyl sites for hydroxylation is 1. The van der Waals surface area contributed by atoms with Crippen molar-refractivity contribution in [2.75, 3.05) is 11.9 Å². The Kier molecular flexibility index (Phi) is 2.99. The minimum Gasteiger partial charge on any atom is -0.325 e. The topological polar surface area (TPSA) is 61.4 Å². The molecule has 1 aliphatic rings. The fourth-order valence-corrected chi connectivity index (χ4v) is 2.00. The van der Waals surface area contributed by atoms with Crippen molar-refractivity contribution in [1.82, 2.24) is 5.48 Å². The van der Waals surface area contributed by atoms with E-state index in [1.165, 1.54) is 11.1 Å². The van der Waals surface area contributed by atoms with Crippen LogP contribution in [0, 0.1) is 0 Å². The summed E-state index contributed by atoms with van der Waals surface area (Å²) in [6.07, 6.45) is 3.27. The van der Waals surface area contributed by atoms with E-state index in [2.05, 4.69) is 11.4 Å². The first-order valence-corrected chi connectivity index (χ1v) is 5.09. The van der Waals surface area contributed by atoms with Crippen LogP contribution in [-0.2, 0) is 17.6 Å². The summed E-state index contributed by atoms with van der Waals surface area (Å²) in [6, 6.07) is 5.95. The maximum absolute atomic E-state index is 11.3. The molecule has 0 atom stereocenters. The smallest absolute Gasteiger partial charge is 0.240 e. The molecule has 4 nitrogen and oxygen atoms in total. The summed E-state index contributed by atoms with van der Waals surface area (Å²) in [4.78, 5) is 11.3. The largest absolute Gasteiger partial charge is 0.325 e. The predicted octanol–water partition coefficient (Wildman–Crippen LogP) is 1.09. The summed E-state index contributed by atoms with van der Waals surface area (Å²) >= 11 is 0. The van der Waals surface area contributed by atoms with E-state index < -0.39 is 0 Å². The number of carbonyl (C=O) groups is 1. The van der Waals surface area contributed by atoms with Gasteiger partial charge in [0.25, 0.3) is 0 Å². The first kappa shape index (κ1) is 10.1. The van der Waals surface area contributed by atoms with E-state index in [-0.39, 0.29) is 12.5 Å². The molecule has 1 aromatic carbocycles. The number of amides is 1. The van der Waals surface area contributed by atoms with Gasteiger partial charge >= 0.3 is 0 Å². The molecule has 3 N–H and O–H groups in total. The minimum atomic E-state index is -0.224. The third-order valence-electron chi connectivity index (χ3n) is 2.66. The molecule has 0 saturated carbocycles. The molecule has 1 amide bonds. The van der Waals surface area contributed by atoms with E-state index in [4.69, 9.17) is 5.21 Å². The Balaban J connectivity index is 2.15. The molecule has 0 saturated heterocycles. The molecule has 0 bridgehead atoms. The summed E-state index contributed by atoms with van der Waals surface area (Å²) < 4.78 is 0. The van der Waals surface area contributed by atoms with Crippen LogP contribution in [0.1, 0.15) is 17.5 Å². The molecule has 80 valence electrons. The zero-order valence-electron chi connectivity index (χ0n) is 8.42. The maximum Gasteiger partial charge on any atom is 0.240 e. The van der Waals surface area contributed by atoms with Crippen LogP contribution in [0.25, 0.3) is 0 Å². The third-order valence-corrected chi connectivity index (χ3v) is 2.66. The average Bonchev–Trinajstić information content (AvgIpc) is 2.67. The number of fused-ring (bicyclic) bond motifs is 1. The Morgan fingerprint density at radius 3 is 3.07 bits per heavy atom. The molecule has 1 aliphatic carbocycles. The monoisotopic (exact) mass is 206 g/mol. The van der Waals surface area contributed by atoms with Gasteiger partial charge in [0.15, 0.2) is 0 Å². The van der Waals surface area contributed by atoms with Crippen molar-refractivity contribution in [3.8, 4) is 0 Å². The molecular weight excluding hydrogens is 192 g/mol. The summed E-state index contributed by atoms with van der Waals surface area (Å²) in [5.74, 6) is -0.224. The maximum atomic E-state index is 11.3. The normalized spacial score (nSPS) is 13.7. The van der Waals surface area contributed by atoms with Crippen molar-refractivity contribution in [2.24, 2.45) is 0 Å². The second-order valence-corrected chi connectivity index (χ2v) is 3.68. The van der Waals surface area contributed by atoms with Crippen molar-refractivity contribution in [2.45, 2.75) is 19.3 Å². The molecule has 0 unspecified atom stereocenters. The molecule has 15 heavy (non-hydrogen) atoms. The quantitative estimate of drug-likeness (QED) is 0.649. The van der Waals surface area contributed by atoms with Gasteiger partial charge in [0.2, 0.25) is 5.91 Å². The van der Waals surface area contributed by atoms with Crippen LogP contribution in [0.3, 0.4) is 0 Å². The number of hydroxylamine groups is 1. The Morgan fingerprint density at radius 2 is 2.27 bits per heavy atom. The Morgan fingerprint density at radius 1 is 1.40 bits per heavy atom. The molecular formula is C11H14N2O2. The van der Waals surface area contributed by atoms with Gasteiger partial charge in [-0.1, -0.05) is 12.1 Å². The number of carbonyl (C=O) groups excluding carboxylic acids is 1. The lowest BCUT2D eigenvalue weighted by Gasteiger charge is -2.09. The molecule has 0 heterocycles. The Bertz CT molecular complexity index is 377. The number of rotatable bonds is 3. The van der Waals surface area contributed by atoms with E-state index in [0.717, 1.165) is 24.9 Å². The van der Waals surface area contributed by atoms with Crippen molar-refractivity contribution in [1.29, 1.82) is 0 Å². The van der Waals surface area contributed by atoms with Gasteiger partial charge in [-0.25, -0.2) is 0 Å². The second-order valence-electron chi connectivity index (χ2n) is 3.68. The van der Waals surface area contributed by atoms with Gasteiger partial charge in [0.05, 0.1) is 0 Å². The number of nitrogens with one attached hydrogen (secondary N) is 2. The van der Waals surface area contributed by atoms with Crippen molar-refractivity contribution in [3.63, 3.8) is 0 Å². The first-order chi connectivity index (χ1) is 7.31. The molecule has 4 heteroatoms. The van der Waals surface area contributed by atoms with Crippen LogP contribution in [0.5, 0.6) is 0 Å². The second kappa shape index (κ2) is 4.42. The highest BCUT2D eigenvalue weighted by Crippen LogP contribution is 2.28. The highest BCUT2D eigenvalue weighted by atomic mass is 16.5. The third kappa shape index (κ3) is 2.16. The molecule has 1 aromatic rings. The summed E-state index contributed by atoms with van der Waals surface area (Å²) in [6.45, 7) is -0.0797. The van der Waals surface area contributed by atoms with Gasteiger partial charge in [0, 0.05) is 5.69 Å². The van der Waals surface area contributed by atoms with Crippen LogP contribution in [-0.4, -0.2) is 17.7 Å². The predicted molar refractivity (Wildman–Crippen MR) is 56.9 cm³/mol. The van der Waals surface area contributed by atoms with E-state index in [1.54, 1.807) is 0 Å². The standard InChI is InChI=1S/C11H14N2O2/c14-11(7-12-15)13-10-6-2-4-8-3-1-5-9(8)10/h2,4,6,12,15H,1,3,5,7H2,(H,13,14). The van der Waals surface area contributed by atoms with Crippen molar-refractivity contribution < 1.29 is 10.0 Å². The molecule has 0 aliphatic heterocycles. The highest BCUT2D eigenvalue weighted by molar-refractivity contribution is 5.93. The Hall–Kier alpha value is -1.39. The molecule has 0 spiro atoms. The number of hydrogen-bond donors (Lipinski definition) is 3. The van der Waals surface area contributed by atoms with Gasteiger partial charge in [0.1, 0.15) is 6.54 Å². The Labute approximate surface area is 88.3 Å². The van der Waals surface area contributed by atoms with Gasteiger partial charge < -0.3 is 10.5 Å². The van der Waals surface area contributed by atoms with E-state index >= 15 is 0 Å². The highest BCUT2D eigenvalue weighted by Gasteiger charge is 2.15. The summed E-state index contributed by atoms with van der Waals surface area (Å²) in [5.41, 5.74) is 5.29. The zero-order chi connectivity index (χ0) is 10.7. The summed E-state index contributed by atoms with van der Waals surface area (Å²) in [5, 5.41) is 11.2. The number of benzene rings is 1. The van der Waals surface area contributed by atoms with Crippen LogP contribution in [0.2, 0.25) is 0 Å². The van der Waals surface area contributed by atoms with Gasteiger partial charge in [-0.3, -0.25) is 4.79 Å². The van der Waals surface area contributed by atoms with E-state index in [0.29, 0.717) is 0 Å². The summed E-state index contributed by atoms with van der Waals surface area (Å²) in [7, 11) is 0. The fraction of sp³-hybridized carbons (Fsp3) is 0.364. The molecule has 0 fully saturated rings.